The standard InChI is InChI=1S/C15H22O3/c1-11-9-17-13-5-4-12(8-14(13)18-10-11)15(2,3)6-7-16/h4-5,8,11,16H,6-7,9-10H2,1-3H3. The van der Waals surface area contributed by atoms with E-state index >= 15 is 0 Å². The van der Waals surface area contributed by atoms with Crippen LogP contribution < -0.4 is 9.47 Å². The summed E-state index contributed by atoms with van der Waals surface area (Å²) in [6.07, 6.45) is 0.739. The van der Waals surface area contributed by atoms with Gasteiger partial charge < -0.3 is 14.6 Å². The third-order valence-electron chi connectivity index (χ3n) is 3.51. The van der Waals surface area contributed by atoms with E-state index in [1.807, 2.05) is 12.1 Å². The molecule has 1 aliphatic heterocycles. The van der Waals surface area contributed by atoms with Crippen molar-refractivity contribution in [2.75, 3.05) is 19.8 Å². The molecule has 1 aliphatic rings. The Balaban J connectivity index is 2.27. The molecule has 0 amide bonds. The molecule has 0 spiro atoms. The highest BCUT2D eigenvalue weighted by Gasteiger charge is 2.23. The number of rotatable bonds is 3. The van der Waals surface area contributed by atoms with Crippen molar-refractivity contribution in [1.82, 2.24) is 0 Å². The van der Waals surface area contributed by atoms with Crippen molar-refractivity contribution in [3.05, 3.63) is 23.8 Å². The van der Waals surface area contributed by atoms with Gasteiger partial charge in [-0.1, -0.05) is 26.8 Å². The Bertz CT molecular complexity index is 412. The van der Waals surface area contributed by atoms with Crippen LogP contribution in [0.1, 0.15) is 32.8 Å². The fraction of sp³-hybridized carbons (Fsp3) is 0.600. The largest absolute Gasteiger partial charge is 0.489 e. The van der Waals surface area contributed by atoms with Gasteiger partial charge in [0, 0.05) is 12.5 Å². The Kier molecular flexibility index (Phi) is 3.81. The van der Waals surface area contributed by atoms with E-state index < -0.39 is 0 Å². The summed E-state index contributed by atoms with van der Waals surface area (Å²) >= 11 is 0. The first-order valence-electron chi connectivity index (χ1n) is 6.54. The molecule has 0 aliphatic carbocycles. The summed E-state index contributed by atoms with van der Waals surface area (Å²) in [5.41, 5.74) is 1.12. The summed E-state index contributed by atoms with van der Waals surface area (Å²) < 4.78 is 11.5. The fourth-order valence-corrected chi connectivity index (χ4v) is 2.10. The monoisotopic (exact) mass is 250 g/mol. The number of ether oxygens (including phenoxy) is 2. The predicted octanol–water partition coefficient (Wildman–Crippen LogP) is 2.75. The molecule has 100 valence electrons. The number of aliphatic hydroxyl groups excluding tert-OH is 1. The van der Waals surface area contributed by atoms with Gasteiger partial charge in [-0.15, -0.1) is 0 Å². The Labute approximate surface area is 109 Å². The lowest BCUT2D eigenvalue weighted by Gasteiger charge is -2.25. The number of fused-ring (bicyclic) bond motifs is 1. The van der Waals surface area contributed by atoms with E-state index in [0.717, 1.165) is 17.9 Å². The quantitative estimate of drug-likeness (QED) is 0.896. The summed E-state index contributed by atoms with van der Waals surface area (Å²) in [6.45, 7) is 7.96. The van der Waals surface area contributed by atoms with Gasteiger partial charge >= 0.3 is 0 Å². The lowest BCUT2D eigenvalue weighted by molar-refractivity contribution is 0.228. The van der Waals surface area contributed by atoms with E-state index in [1.54, 1.807) is 0 Å². The second-order valence-corrected chi connectivity index (χ2v) is 5.75. The maximum atomic E-state index is 9.13. The summed E-state index contributed by atoms with van der Waals surface area (Å²) in [5.74, 6) is 2.05. The maximum absolute atomic E-state index is 9.13. The van der Waals surface area contributed by atoms with Crippen molar-refractivity contribution in [3.63, 3.8) is 0 Å². The molecular formula is C15H22O3. The lowest BCUT2D eigenvalue weighted by atomic mass is 9.82. The van der Waals surface area contributed by atoms with Crippen molar-refractivity contribution in [3.8, 4) is 11.5 Å². The molecule has 1 unspecified atom stereocenters. The number of aliphatic hydroxyl groups is 1. The van der Waals surface area contributed by atoms with E-state index in [4.69, 9.17) is 14.6 Å². The molecule has 0 radical (unpaired) electrons. The Morgan fingerprint density at radius 1 is 1.22 bits per heavy atom. The molecule has 1 aromatic rings. The van der Waals surface area contributed by atoms with Gasteiger partial charge in [0.15, 0.2) is 11.5 Å². The zero-order chi connectivity index (χ0) is 13.2. The van der Waals surface area contributed by atoms with Crippen LogP contribution in [-0.4, -0.2) is 24.9 Å². The average Bonchev–Trinajstić information content (AvgIpc) is 2.51. The van der Waals surface area contributed by atoms with E-state index in [2.05, 4.69) is 26.8 Å². The third kappa shape index (κ3) is 2.78. The highest BCUT2D eigenvalue weighted by Crippen LogP contribution is 2.36. The predicted molar refractivity (Wildman–Crippen MR) is 71.3 cm³/mol. The van der Waals surface area contributed by atoms with Gasteiger partial charge in [-0.25, -0.2) is 0 Å². The van der Waals surface area contributed by atoms with Gasteiger partial charge in [-0.2, -0.15) is 0 Å². The molecule has 2 rings (SSSR count). The van der Waals surface area contributed by atoms with Crippen molar-refractivity contribution in [2.24, 2.45) is 5.92 Å². The molecule has 0 bridgehead atoms. The van der Waals surface area contributed by atoms with Gasteiger partial charge in [0.25, 0.3) is 0 Å². The van der Waals surface area contributed by atoms with Crippen LogP contribution in [0.25, 0.3) is 0 Å². The average molecular weight is 250 g/mol. The normalized spacial score (nSPS) is 19.4. The summed E-state index contributed by atoms with van der Waals surface area (Å²) in [4.78, 5) is 0. The number of hydrogen-bond donors (Lipinski definition) is 1. The summed E-state index contributed by atoms with van der Waals surface area (Å²) in [7, 11) is 0. The Morgan fingerprint density at radius 2 is 1.89 bits per heavy atom. The van der Waals surface area contributed by atoms with Crippen LogP contribution in [0, 0.1) is 5.92 Å². The highest BCUT2D eigenvalue weighted by molar-refractivity contribution is 5.45. The van der Waals surface area contributed by atoms with Gasteiger partial charge in [0.05, 0.1) is 13.2 Å². The molecule has 0 saturated carbocycles. The van der Waals surface area contributed by atoms with Gasteiger partial charge in [-0.05, 0) is 29.5 Å². The molecule has 1 atom stereocenters. The molecule has 1 aromatic carbocycles. The number of hydrogen-bond acceptors (Lipinski definition) is 3. The fourth-order valence-electron chi connectivity index (χ4n) is 2.10. The van der Waals surface area contributed by atoms with E-state index in [1.165, 1.54) is 5.56 Å². The molecule has 0 aromatic heterocycles. The van der Waals surface area contributed by atoms with E-state index in [-0.39, 0.29) is 12.0 Å². The zero-order valence-electron chi connectivity index (χ0n) is 11.4. The second-order valence-electron chi connectivity index (χ2n) is 5.75. The first kappa shape index (κ1) is 13.2. The third-order valence-corrected chi connectivity index (χ3v) is 3.51. The summed E-state index contributed by atoms with van der Waals surface area (Å²) in [5, 5.41) is 9.13. The first-order chi connectivity index (χ1) is 8.53. The SMILES string of the molecule is CC1COc2ccc(C(C)(C)CCO)cc2OC1. The van der Waals surface area contributed by atoms with E-state index in [0.29, 0.717) is 19.1 Å². The minimum atomic E-state index is -0.0505. The van der Waals surface area contributed by atoms with Crippen molar-refractivity contribution < 1.29 is 14.6 Å². The molecule has 1 heterocycles. The van der Waals surface area contributed by atoms with Crippen LogP contribution >= 0.6 is 0 Å². The minimum absolute atomic E-state index is 0.0505. The van der Waals surface area contributed by atoms with Crippen LogP contribution in [0.5, 0.6) is 11.5 Å². The summed E-state index contributed by atoms with van der Waals surface area (Å²) in [6, 6.07) is 6.08. The van der Waals surface area contributed by atoms with Crippen molar-refractivity contribution in [1.29, 1.82) is 0 Å². The molecule has 0 fully saturated rings. The molecule has 3 nitrogen and oxygen atoms in total. The molecule has 1 N–H and O–H groups in total. The molecule has 3 heteroatoms. The minimum Gasteiger partial charge on any atom is -0.489 e. The van der Waals surface area contributed by atoms with Crippen LogP contribution in [0.2, 0.25) is 0 Å². The van der Waals surface area contributed by atoms with Crippen LogP contribution in [0.3, 0.4) is 0 Å². The maximum Gasteiger partial charge on any atom is 0.161 e. The topological polar surface area (TPSA) is 38.7 Å². The van der Waals surface area contributed by atoms with Crippen LogP contribution in [0.4, 0.5) is 0 Å². The Morgan fingerprint density at radius 3 is 2.56 bits per heavy atom. The van der Waals surface area contributed by atoms with Gasteiger partial charge in [0.2, 0.25) is 0 Å². The van der Waals surface area contributed by atoms with Crippen LogP contribution in [0.15, 0.2) is 18.2 Å². The van der Waals surface area contributed by atoms with Gasteiger partial charge in [0.1, 0.15) is 0 Å². The van der Waals surface area contributed by atoms with Crippen LogP contribution in [-0.2, 0) is 5.41 Å². The Hall–Kier alpha value is -1.22. The smallest absolute Gasteiger partial charge is 0.161 e. The van der Waals surface area contributed by atoms with Crippen molar-refractivity contribution >= 4 is 0 Å². The number of benzene rings is 1. The lowest BCUT2D eigenvalue weighted by Crippen LogP contribution is -2.18. The second kappa shape index (κ2) is 5.19. The van der Waals surface area contributed by atoms with Gasteiger partial charge in [-0.3, -0.25) is 0 Å². The molecule has 0 saturated heterocycles. The molecular weight excluding hydrogens is 228 g/mol. The zero-order valence-corrected chi connectivity index (χ0v) is 11.4. The highest BCUT2D eigenvalue weighted by atomic mass is 16.5. The van der Waals surface area contributed by atoms with Crippen molar-refractivity contribution in [2.45, 2.75) is 32.6 Å². The first-order valence-corrected chi connectivity index (χ1v) is 6.54. The molecule has 18 heavy (non-hydrogen) atoms. The van der Waals surface area contributed by atoms with E-state index in [9.17, 15) is 0 Å².